The van der Waals surface area contributed by atoms with Crippen LogP contribution in [-0.2, 0) is 11.2 Å². The second-order valence-corrected chi connectivity index (χ2v) is 6.16. The van der Waals surface area contributed by atoms with Crippen LogP contribution in [0.25, 0.3) is 0 Å². The maximum absolute atomic E-state index is 12.4. The lowest BCUT2D eigenvalue weighted by molar-refractivity contribution is -0.130. The molecule has 2 aromatic rings. The molecule has 0 bridgehead atoms. The Morgan fingerprint density at radius 3 is 2.12 bits per heavy atom. The molecule has 1 aliphatic rings. The van der Waals surface area contributed by atoms with Crippen LogP contribution in [0, 0.1) is 0 Å². The zero-order valence-corrected chi connectivity index (χ0v) is 14.8. The van der Waals surface area contributed by atoms with Gasteiger partial charge in [-0.3, -0.25) is 19.3 Å². The van der Waals surface area contributed by atoms with Crippen molar-refractivity contribution in [3.8, 4) is 5.75 Å². The van der Waals surface area contributed by atoms with E-state index in [0.717, 1.165) is 16.2 Å². The van der Waals surface area contributed by atoms with E-state index < -0.39 is 11.8 Å². The third-order valence-electron chi connectivity index (χ3n) is 4.49. The number of carbonyl (C=O) groups excluding carboxylic acids is 3. The number of carbonyl (C=O) groups is 3. The van der Waals surface area contributed by atoms with Gasteiger partial charge in [0.25, 0.3) is 11.8 Å². The van der Waals surface area contributed by atoms with Gasteiger partial charge in [-0.2, -0.15) is 0 Å². The minimum absolute atomic E-state index is 0.245. The van der Waals surface area contributed by atoms with Gasteiger partial charge in [-0.15, -0.1) is 0 Å². The molecule has 0 unspecified atom stereocenters. The molecule has 0 N–H and O–H groups in total. The normalized spacial score (nSPS) is 12.9. The average molecular weight is 352 g/mol. The van der Waals surface area contributed by atoms with E-state index in [1.807, 2.05) is 24.3 Å². The van der Waals surface area contributed by atoms with Crippen molar-refractivity contribution in [2.45, 2.75) is 6.42 Å². The van der Waals surface area contributed by atoms with Gasteiger partial charge in [0.05, 0.1) is 18.2 Å². The Morgan fingerprint density at radius 1 is 1.00 bits per heavy atom. The van der Waals surface area contributed by atoms with Crippen molar-refractivity contribution in [3.05, 3.63) is 65.2 Å². The fourth-order valence-electron chi connectivity index (χ4n) is 2.85. The van der Waals surface area contributed by atoms with Crippen LogP contribution in [0.1, 0.15) is 26.3 Å². The molecule has 6 heteroatoms. The summed E-state index contributed by atoms with van der Waals surface area (Å²) in [5.41, 5.74) is 1.78. The Hall–Kier alpha value is -3.15. The van der Waals surface area contributed by atoms with Crippen LogP contribution < -0.4 is 4.74 Å². The monoisotopic (exact) mass is 352 g/mol. The molecule has 0 aromatic heterocycles. The topological polar surface area (TPSA) is 66.9 Å². The number of rotatable bonds is 6. The molecule has 134 valence electrons. The van der Waals surface area contributed by atoms with Crippen LogP contribution in [0.5, 0.6) is 5.75 Å². The fourth-order valence-corrected chi connectivity index (χ4v) is 2.85. The van der Waals surface area contributed by atoms with Crippen molar-refractivity contribution < 1.29 is 19.1 Å². The van der Waals surface area contributed by atoms with Crippen LogP contribution in [0.4, 0.5) is 0 Å². The third kappa shape index (κ3) is 3.44. The Kier molecular flexibility index (Phi) is 5.02. The lowest BCUT2D eigenvalue weighted by Gasteiger charge is -2.20. The van der Waals surface area contributed by atoms with E-state index in [9.17, 15) is 14.4 Å². The summed E-state index contributed by atoms with van der Waals surface area (Å²) in [5.74, 6) is -0.318. The molecule has 3 rings (SSSR count). The van der Waals surface area contributed by atoms with Crippen molar-refractivity contribution in [3.63, 3.8) is 0 Å². The number of imide groups is 1. The Labute approximate surface area is 152 Å². The highest BCUT2D eigenvalue weighted by atomic mass is 16.5. The summed E-state index contributed by atoms with van der Waals surface area (Å²) in [7, 11) is 3.28. The molecule has 2 aromatic carbocycles. The standard InChI is InChI=1S/C20H20N2O4/c1-21(12-11-14-7-9-15(26-2)10-8-14)18(23)13-22-19(24)16-5-3-4-6-17(16)20(22)25/h3-10H,11-13H2,1-2H3. The first-order valence-corrected chi connectivity index (χ1v) is 8.33. The molecule has 1 heterocycles. The molecule has 0 atom stereocenters. The maximum atomic E-state index is 12.4. The minimum atomic E-state index is -0.414. The highest BCUT2D eigenvalue weighted by molar-refractivity contribution is 6.22. The SMILES string of the molecule is COc1ccc(CCN(C)C(=O)CN2C(=O)c3ccccc3C2=O)cc1. The van der Waals surface area contributed by atoms with Crippen LogP contribution in [0.15, 0.2) is 48.5 Å². The third-order valence-corrected chi connectivity index (χ3v) is 4.49. The van der Waals surface area contributed by atoms with E-state index in [0.29, 0.717) is 24.1 Å². The summed E-state index contributed by atoms with van der Waals surface area (Å²) in [4.78, 5) is 39.6. The molecule has 6 nitrogen and oxygen atoms in total. The summed E-state index contributed by atoms with van der Waals surface area (Å²) in [6.07, 6.45) is 0.675. The van der Waals surface area contributed by atoms with Gasteiger partial charge in [0.1, 0.15) is 12.3 Å². The number of likely N-dealkylation sites (N-methyl/N-ethyl adjacent to an activating group) is 1. The van der Waals surface area contributed by atoms with Crippen molar-refractivity contribution >= 4 is 17.7 Å². The van der Waals surface area contributed by atoms with E-state index in [1.165, 1.54) is 4.90 Å². The molecule has 0 fully saturated rings. The zero-order chi connectivity index (χ0) is 18.7. The first-order valence-electron chi connectivity index (χ1n) is 8.33. The maximum Gasteiger partial charge on any atom is 0.262 e. The largest absolute Gasteiger partial charge is 0.497 e. The second-order valence-electron chi connectivity index (χ2n) is 6.16. The van der Waals surface area contributed by atoms with E-state index >= 15 is 0 Å². The molecule has 0 spiro atoms. The van der Waals surface area contributed by atoms with Gasteiger partial charge < -0.3 is 9.64 Å². The molecular formula is C20H20N2O4. The van der Waals surface area contributed by atoms with E-state index in [2.05, 4.69) is 0 Å². The number of fused-ring (bicyclic) bond motifs is 1. The number of methoxy groups -OCH3 is 1. The van der Waals surface area contributed by atoms with Gasteiger partial charge in [-0.1, -0.05) is 24.3 Å². The number of hydrogen-bond acceptors (Lipinski definition) is 4. The van der Waals surface area contributed by atoms with Crippen LogP contribution in [0.2, 0.25) is 0 Å². The summed E-state index contributed by atoms with van der Waals surface area (Å²) < 4.78 is 5.12. The average Bonchev–Trinajstić information content (AvgIpc) is 2.91. The summed E-state index contributed by atoms with van der Waals surface area (Å²) >= 11 is 0. The molecule has 0 saturated carbocycles. The molecular weight excluding hydrogens is 332 g/mol. The van der Waals surface area contributed by atoms with E-state index in [-0.39, 0.29) is 12.5 Å². The highest BCUT2D eigenvalue weighted by Gasteiger charge is 2.36. The van der Waals surface area contributed by atoms with Crippen LogP contribution in [0.3, 0.4) is 0 Å². The summed E-state index contributed by atoms with van der Waals surface area (Å²) in [6.45, 7) is 0.250. The Balaban J connectivity index is 1.58. The fraction of sp³-hybridized carbons (Fsp3) is 0.250. The lowest BCUT2D eigenvalue weighted by Crippen LogP contribution is -2.41. The molecule has 3 amide bonds. The Morgan fingerprint density at radius 2 is 1.58 bits per heavy atom. The molecule has 26 heavy (non-hydrogen) atoms. The van der Waals surface area contributed by atoms with Crippen molar-refractivity contribution in [2.24, 2.45) is 0 Å². The highest BCUT2D eigenvalue weighted by Crippen LogP contribution is 2.22. The molecule has 0 saturated heterocycles. The lowest BCUT2D eigenvalue weighted by atomic mass is 10.1. The van der Waals surface area contributed by atoms with Gasteiger partial charge in [0.2, 0.25) is 5.91 Å². The number of amides is 3. The van der Waals surface area contributed by atoms with Crippen molar-refractivity contribution in [1.82, 2.24) is 9.80 Å². The second kappa shape index (κ2) is 7.39. The van der Waals surface area contributed by atoms with Crippen molar-refractivity contribution in [1.29, 1.82) is 0 Å². The smallest absolute Gasteiger partial charge is 0.262 e. The van der Waals surface area contributed by atoms with Crippen LogP contribution >= 0.6 is 0 Å². The zero-order valence-electron chi connectivity index (χ0n) is 14.8. The van der Waals surface area contributed by atoms with Crippen LogP contribution in [-0.4, -0.2) is 54.8 Å². The molecule has 0 aliphatic carbocycles. The minimum Gasteiger partial charge on any atom is -0.497 e. The Bertz CT molecular complexity index is 810. The van der Waals surface area contributed by atoms with E-state index in [1.54, 1.807) is 38.4 Å². The first-order chi connectivity index (χ1) is 12.5. The molecule has 0 radical (unpaired) electrons. The number of ether oxygens (including phenoxy) is 1. The van der Waals surface area contributed by atoms with Gasteiger partial charge in [-0.25, -0.2) is 0 Å². The first kappa shape index (κ1) is 17.7. The predicted octanol–water partition coefficient (Wildman–Crippen LogP) is 1.99. The summed E-state index contributed by atoms with van der Waals surface area (Å²) in [6, 6.07) is 14.3. The molecule has 1 aliphatic heterocycles. The number of benzene rings is 2. The predicted molar refractivity (Wildman–Crippen MR) is 96.1 cm³/mol. The van der Waals surface area contributed by atoms with Gasteiger partial charge >= 0.3 is 0 Å². The summed E-state index contributed by atoms with van der Waals surface area (Å²) in [5, 5.41) is 0. The van der Waals surface area contributed by atoms with Gasteiger partial charge in [0.15, 0.2) is 0 Å². The number of nitrogens with zero attached hydrogens (tertiary/aromatic N) is 2. The van der Waals surface area contributed by atoms with Gasteiger partial charge in [0, 0.05) is 13.6 Å². The van der Waals surface area contributed by atoms with Gasteiger partial charge in [-0.05, 0) is 36.2 Å². The quantitative estimate of drug-likeness (QED) is 0.746. The number of hydrogen-bond donors (Lipinski definition) is 0. The van der Waals surface area contributed by atoms with E-state index in [4.69, 9.17) is 4.74 Å². The van der Waals surface area contributed by atoms with Crippen molar-refractivity contribution in [2.75, 3.05) is 27.2 Å².